The number of nitrogens with zero attached hydrogens (tertiary/aromatic N) is 1. The zero-order chi connectivity index (χ0) is 14.0. The molecule has 0 bridgehead atoms. The zero-order valence-corrected chi connectivity index (χ0v) is 11.8. The number of nitrogens with one attached hydrogen (secondary N) is 1. The average Bonchev–Trinajstić information content (AvgIpc) is 2.58. The lowest BCUT2D eigenvalue weighted by Crippen LogP contribution is -2.56. The van der Waals surface area contributed by atoms with Gasteiger partial charge in [-0.1, -0.05) is 5.57 Å². The smallest absolute Gasteiger partial charge is 0.247 e. The molecule has 1 saturated carbocycles. The van der Waals surface area contributed by atoms with E-state index in [2.05, 4.69) is 5.32 Å². The Kier molecular flexibility index (Phi) is 3.78. The number of carbonyl (C=O) groups excluding carboxylic acids is 2. The molecule has 2 saturated heterocycles. The predicted octanol–water partition coefficient (Wildman–Crippen LogP) is 0.994. The van der Waals surface area contributed by atoms with Crippen LogP contribution in [0.2, 0.25) is 0 Å². The van der Waals surface area contributed by atoms with E-state index in [-0.39, 0.29) is 17.4 Å². The molecule has 3 fully saturated rings. The molecule has 0 atom stereocenters. The highest BCUT2D eigenvalue weighted by molar-refractivity contribution is 5.90. The summed E-state index contributed by atoms with van der Waals surface area (Å²) >= 11 is 0. The molecule has 0 aromatic carbocycles. The number of amides is 2. The Balaban J connectivity index is 1.76. The number of rotatable bonds is 1. The highest BCUT2D eigenvalue weighted by Crippen LogP contribution is 2.41. The maximum atomic E-state index is 12.6. The number of ether oxygens (including phenoxy) is 1. The summed E-state index contributed by atoms with van der Waals surface area (Å²) in [5, 5.41) is 2.88. The minimum atomic E-state index is -0.208. The van der Waals surface area contributed by atoms with Crippen LogP contribution >= 0.6 is 0 Å². The van der Waals surface area contributed by atoms with Crippen LogP contribution in [0, 0.1) is 0 Å². The van der Waals surface area contributed by atoms with Crippen molar-refractivity contribution >= 4 is 11.8 Å². The molecule has 1 spiro atoms. The molecule has 0 aromatic heterocycles. The van der Waals surface area contributed by atoms with E-state index >= 15 is 0 Å². The summed E-state index contributed by atoms with van der Waals surface area (Å²) in [6.45, 7) is 2.62. The van der Waals surface area contributed by atoms with Crippen LogP contribution in [0.1, 0.15) is 38.5 Å². The van der Waals surface area contributed by atoms with Crippen molar-refractivity contribution in [2.45, 2.75) is 44.1 Å². The van der Waals surface area contributed by atoms with Crippen LogP contribution < -0.4 is 5.32 Å². The fraction of sp³-hybridized carbons (Fsp3) is 0.733. The molecule has 3 aliphatic rings. The fourth-order valence-corrected chi connectivity index (χ4v) is 3.41. The molecule has 2 aliphatic heterocycles. The molecule has 0 unspecified atom stereocenters. The second-order valence-electron chi connectivity index (χ2n) is 6.01. The molecule has 0 aromatic rings. The summed E-state index contributed by atoms with van der Waals surface area (Å²) < 4.78 is 5.31. The molecule has 0 radical (unpaired) electrons. The molecule has 20 heavy (non-hydrogen) atoms. The van der Waals surface area contributed by atoms with Crippen LogP contribution in [0.15, 0.2) is 11.6 Å². The van der Waals surface area contributed by atoms with Crippen molar-refractivity contribution in [1.82, 2.24) is 10.2 Å². The molecule has 3 rings (SSSR count). The quantitative estimate of drug-likeness (QED) is 0.728. The van der Waals surface area contributed by atoms with E-state index in [1.807, 2.05) is 4.90 Å². The second-order valence-corrected chi connectivity index (χ2v) is 6.01. The third-order valence-electron chi connectivity index (χ3n) is 4.73. The van der Waals surface area contributed by atoms with Crippen molar-refractivity contribution in [3.63, 3.8) is 0 Å². The normalized spacial score (nSPS) is 25.7. The number of hydrogen-bond acceptors (Lipinski definition) is 3. The Bertz CT molecular complexity index is 432. The second kappa shape index (κ2) is 5.56. The van der Waals surface area contributed by atoms with Crippen molar-refractivity contribution in [3.05, 3.63) is 11.6 Å². The van der Waals surface area contributed by atoms with Crippen LogP contribution in [-0.2, 0) is 14.3 Å². The lowest BCUT2D eigenvalue weighted by atomic mass is 9.72. The van der Waals surface area contributed by atoms with Gasteiger partial charge in [-0.05, 0) is 32.1 Å². The van der Waals surface area contributed by atoms with Gasteiger partial charge in [0, 0.05) is 25.6 Å². The standard InChI is InChI=1S/C15H22N2O3/c18-13-11-15(4-1-5-15)17(7-6-16-13)14(19)10-12-2-8-20-9-3-12/h10H,1-9,11H2,(H,16,18). The first-order chi connectivity index (χ1) is 9.70. The van der Waals surface area contributed by atoms with Gasteiger partial charge in [0.2, 0.25) is 11.8 Å². The largest absolute Gasteiger partial charge is 0.381 e. The van der Waals surface area contributed by atoms with Crippen molar-refractivity contribution in [3.8, 4) is 0 Å². The number of hydrogen-bond donors (Lipinski definition) is 1. The maximum absolute atomic E-state index is 12.6. The van der Waals surface area contributed by atoms with E-state index in [9.17, 15) is 9.59 Å². The van der Waals surface area contributed by atoms with Crippen LogP contribution in [0.4, 0.5) is 0 Å². The molecular formula is C15H22N2O3. The van der Waals surface area contributed by atoms with Gasteiger partial charge in [-0.2, -0.15) is 0 Å². The maximum Gasteiger partial charge on any atom is 0.247 e. The van der Waals surface area contributed by atoms with Crippen molar-refractivity contribution in [1.29, 1.82) is 0 Å². The Morgan fingerprint density at radius 1 is 1.30 bits per heavy atom. The molecule has 5 nitrogen and oxygen atoms in total. The third kappa shape index (κ3) is 2.59. The molecule has 1 aliphatic carbocycles. The van der Waals surface area contributed by atoms with Gasteiger partial charge in [-0.25, -0.2) is 0 Å². The lowest BCUT2D eigenvalue weighted by Gasteiger charge is -2.48. The third-order valence-corrected chi connectivity index (χ3v) is 4.73. The first-order valence-electron chi connectivity index (χ1n) is 7.55. The van der Waals surface area contributed by atoms with Gasteiger partial charge in [0.15, 0.2) is 0 Å². The van der Waals surface area contributed by atoms with Gasteiger partial charge in [-0.3, -0.25) is 9.59 Å². The zero-order valence-electron chi connectivity index (χ0n) is 11.8. The molecule has 110 valence electrons. The predicted molar refractivity (Wildman–Crippen MR) is 74.1 cm³/mol. The van der Waals surface area contributed by atoms with Gasteiger partial charge < -0.3 is 15.0 Å². The minimum absolute atomic E-state index is 0.0816. The molecule has 2 heterocycles. The monoisotopic (exact) mass is 278 g/mol. The molecule has 5 heteroatoms. The first-order valence-corrected chi connectivity index (χ1v) is 7.55. The summed E-state index contributed by atoms with van der Waals surface area (Å²) in [4.78, 5) is 26.3. The van der Waals surface area contributed by atoms with Gasteiger partial charge in [-0.15, -0.1) is 0 Å². The van der Waals surface area contributed by atoms with E-state index in [4.69, 9.17) is 4.74 Å². The summed E-state index contributed by atoms with van der Waals surface area (Å²) in [7, 11) is 0. The van der Waals surface area contributed by atoms with E-state index in [0.717, 1.165) is 32.1 Å². The van der Waals surface area contributed by atoms with E-state index in [1.54, 1.807) is 6.08 Å². The van der Waals surface area contributed by atoms with Crippen molar-refractivity contribution in [2.75, 3.05) is 26.3 Å². The van der Waals surface area contributed by atoms with Gasteiger partial charge >= 0.3 is 0 Å². The summed E-state index contributed by atoms with van der Waals surface area (Å²) in [5.74, 6) is 0.164. The van der Waals surface area contributed by atoms with Crippen LogP contribution in [0.5, 0.6) is 0 Å². The van der Waals surface area contributed by atoms with Gasteiger partial charge in [0.25, 0.3) is 0 Å². The Morgan fingerprint density at radius 2 is 2.05 bits per heavy atom. The van der Waals surface area contributed by atoms with E-state index in [1.165, 1.54) is 5.57 Å². The van der Waals surface area contributed by atoms with Crippen LogP contribution in [0.25, 0.3) is 0 Å². The summed E-state index contributed by atoms with van der Waals surface area (Å²) in [6, 6.07) is 0. The Morgan fingerprint density at radius 3 is 2.70 bits per heavy atom. The van der Waals surface area contributed by atoms with Crippen molar-refractivity contribution < 1.29 is 14.3 Å². The van der Waals surface area contributed by atoms with Crippen LogP contribution in [-0.4, -0.2) is 48.6 Å². The Labute approximate surface area is 119 Å². The highest BCUT2D eigenvalue weighted by atomic mass is 16.5. The fourth-order valence-electron chi connectivity index (χ4n) is 3.41. The van der Waals surface area contributed by atoms with Crippen LogP contribution in [0.3, 0.4) is 0 Å². The summed E-state index contributed by atoms with van der Waals surface area (Å²) in [6.07, 6.45) is 6.98. The molecule has 1 N–H and O–H groups in total. The first kappa shape index (κ1) is 13.6. The van der Waals surface area contributed by atoms with E-state index < -0.39 is 0 Å². The molecule has 2 amide bonds. The topological polar surface area (TPSA) is 58.6 Å². The summed E-state index contributed by atoms with van der Waals surface area (Å²) in [5.41, 5.74) is 0.971. The SMILES string of the molecule is O=C1CC2(CCC2)N(C(=O)C=C2CCOCC2)CCN1. The molecular weight excluding hydrogens is 256 g/mol. The van der Waals surface area contributed by atoms with Gasteiger partial charge in [0.05, 0.1) is 18.8 Å². The van der Waals surface area contributed by atoms with E-state index in [0.29, 0.717) is 32.7 Å². The van der Waals surface area contributed by atoms with Crippen molar-refractivity contribution in [2.24, 2.45) is 0 Å². The minimum Gasteiger partial charge on any atom is -0.381 e. The average molecular weight is 278 g/mol. The van der Waals surface area contributed by atoms with Gasteiger partial charge in [0.1, 0.15) is 0 Å². The number of carbonyl (C=O) groups is 2. The highest BCUT2D eigenvalue weighted by Gasteiger charge is 2.46. The Hall–Kier alpha value is -1.36. The lowest BCUT2D eigenvalue weighted by molar-refractivity contribution is -0.137.